The number of aromatic carboxylic acids is 2. The molecule has 0 saturated carbocycles. The van der Waals surface area contributed by atoms with E-state index in [1.807, 2.05) is 0 Å². The van der Waals surface area contributed by atoms with Gasteiger partial charge in [0.05, 0.1) is 16.1 Å². The van der Waals surface area contributed by atoms with Gasteiger partial charge in [-0.1, -0.05) is 0 Å². The Kier molecular flexibility index (Phi) is 5.50. The first-order chi connectivity index (χ1) is 14.2. The number of ether oxygens (including phenoxy) is 2. The molecule has 0 bridgehead atoms. The van der Waals surface area contributed by atoms with E-state index in [0.717, 1.165) is 6.07 Å². The van der Waals surface area contributed by atoms with Gasteiger partial charge in [0.25, 0.3) is 0 Å². The SMILES string of the molecule is O=C(O)c1ccc(Oc2cc(O)c([N+](=O)[O-])c(Oc3ccc(C(=O)O)cc3)c2)cc1. The third-order valence-electron chi connectivity index (χ3n) is 3.88. The zero-order valence-electron chi connectivity index (χ0n) is 15.0. The lowest BCUT2D eigenvalue weighted by Gasteiger charge is -2.11. The molecule has 0 atom stereocenters. The van der Waals surface area contributed by atoms with Gasteiger partial charge in [0.15, 0.2) is 0 Å². The second-order valence-electron chi connectivity index (χ2n) is 5.91. The van der Waals surface area contributed by atoms with Crippen LogP contribution in [0.25, 0.3) is 0 Å². The van der Waals surface area contributed by atoms with Crippen LogP contribution in [-0.4, -0.2) is 32.2 Å². The zero-order chi connectivity index (χ0) is 21.8. The minimum atomic E-state index is -1.14. The monoisotopic (exact) mass is 411 g/mol. The van der Waals surface area contributed by atoms with E-state index in [0.29, 0.717) is 0 Å². The first kappa shape index (κ1) is 20.1. The van der Waals surface area contributed by atoms with Crippen LogP contribution in [0.4, 0.5) is 5.69 Å². The summed E-state index contributed by atoms with van der Waals surface area (Å²) in [6, 6.07) is 12.7. The molecule has 0 spiro atoms. The molecule has 0 fully saturated rings. The Morgan fingerprint density at radius 2 is 1.23 bits per heavy atom. The van der Waals surface area contributed by atoms with Crippen molar-refractivity contribution in [3.8, 4) is 28.7 Å². The summed E-state index contributed by atoms with van der Waals surface area (Å²) in [6.07, 6.45) is 0. The van der Waals surface area contributed by atoms with E-state index in [-0.39, 0.29) is 34.1 Å². The molecular formula is C20H13NO9. The molecule has 0 unspecified atom stereocenters. The van der Waals surface area contributed by atoms with Crippen molar-refractivity contribution in [1.29, 1.82) is 0 Å². The summed E-state index contributed by atoms with van der Waals surface area (Å²) in [6.45, 7) is 0. The van der Waals surface area contributed by atoms with Gasteiger partial charge in [0.2, 0.25) is 11.5 Å². The van der Waals surface area contributed by atoms with Crippen LogP contribution in [0.3, 0.4) is 0 Å². The van der Waals surface area contributed by atoms with E-state index in [9.17, 15) is 24.8 Å². The maximum Gasteiger partial charge on any atom is 0.353 e. The molecule has 152 valence electrons. The third-order valence-corrected chi connectivity index (χ3v) is 3.88. The first-order valence-corrected chi connectivity index (χ1v) is 8.28. The molecule has 0 radical (unpaired) electrons. The lowest BCUT2D eigenvalue weighted by Crippen LogP contribution is -1.98. The van der Waals surface area contributed by atoms with Crippen molar-refractivity contribution in [2.45, 2.75) is 0 Å². The number of carbonyl (C=O) groups is 2. The van der Waals surface area contributed by atoms with Gasteiger partial charge in [-0.3, -0.25) is 10.1 Å². The maximum atomic E-state index is 11.3. The van der Waals surface area contributed by atoms with Crippen LogP contribution >= 0.6 is 0 Å². The molecule has 0 amide bonds. The van der Waals surface area contributed by atoms with Crippen molar-refractivity contribution in [2.24, 2.45) is 0 Å². The molecule has 10 nitrogen and oxygen atoms in total. The van der Waals surface area contributed by atoms with Gasteiger partial charge in [0.1, 0.15) is 17.2 Å². The van der Waals surface area contributed by atoms with Crippen molar-refractivity contribution in [1.82, 2.24) is 0 Å². The van der Waals surface area contributed by atoms with Crippen LogP contribution in [0, 0.1) is 10.1 Å². The van der Waals surface area contributed by atoms with Crippen LogP contribution in [-0.2, 0) is 0 Å². The number of benzene rings is 3. The molecule has 10 heteroatoms. The second-order valence-corrected chi connectivity index (χ2v) is 5.91. The minimum absolute atomic E-state index is 0.00147. The Bertz CT molecular complexity index is 1120. The zero-order valence-corrected chi connectivity index (χ0v) is 15.0. The molecule has 0 aromatic heterocycles. The smallest absolute Gasteiger partial charge is 0.353 e. The summed E-state index contributed by atoms with van der Waals surface area (Å²) in [5.41, 5.74) is -0.657. The Balaban J connectivity index is 1.92. The highest BCUT2D eigenvalue weighted by Crippen LogP contribution is 2.43. The third kappa shape index (κ3) is 4.44. The fourth-order valence-corrected chi connectivity index (χ4v) is 2.48. The number of phenolic OH excluding ortho intramolecular Hbond substituents is 1. The van der Waals surface area contributed by atoms with Gasteiger partial charge in [-0.05, 0) is 48.5 Å². The predicted octanol–water partition coefficient (Wildman–Crippen LogP) is 4.28. The topological polar surface area (TPSA) is 156 Å². The van der Waals surface area contributed by atoms with Gasteiger partial charge in [0, 0.05) is 12.1 Å². The molecule has 30 heavy (non-hydrogen) atoms. The van der Waals surface area contributed by atoms with Crippen molar-refractivity contribution < 1.29 is 39.3 Å². The standard InChI is InChI=1S/C20H13NO9/c22-16-9-15(29-13-5-1-11(2-6-13)19(23)24)10-17(18(16)21(27)28)30-14-7-3-12(4-8-14)20(25)26/h1-10,22H,(H,23,24)(H,25,26). The Labute approximate surface area is 168 Å². The second kappa shape index (κ2) is 8.19. The quantitative estimate of drug-likeness (QED) is 0.381. The lowest BCUT2D eigenvalue weighted by molar-refractivity contribution is -0.386. The van der Waals surface area contributed by atoms with E-state index in [2.05, 4.69) is 0 Å². The highest BCUT2D eigenvalue weighted by molar-refractivity contribution is 5.88. The van der Waals surface area contributed by atoms with Crippen molar-refractivity contribution in [3.05, 3.63) is 81.9 Å². The average Bonchev–Trinajstić information content (AvgIpc) is 2.68. The highest BCUT2D eigenvalue weighted by atomic mass is 16.6. The first-order valence-electron chi connectivity index (χ1n) is 8.28. The largest absolute Gasteiger partial charge is 0.502 e. The summed E-state index contributed by atoms with van der Waals surface area (Å²) in [5.74, 6) is -2.97. The number of carboxylic acids is 2. The number of nitro benzene ring substituents is 1. The van der Waals surface area contributed by atoms with E-state index in [1.165, 1.54) is 54.6 Å². The summed E-state index contributed by atoms with van der Waals surface area (Å²) < 4.78 is 11.0. The Hall–Kier alpha value is -4.60. The number of carboxylic acid groups (broad SMARTS) is 2. The maximum absolute atomic E-state index is 11.3. The van der Waals surface area contributed by atoms with Crippen LogP contribution in [0.5, 0.6) is 28.7 Å². The van der Waals surface area contributed by atoms with Gasteiger partial charge in [-0.15, -0.1) is 0 Å². The normalized spacial score (nSPS) is 10.3. The number of aromatic hydroxyl groups is 1. The summed E-state index contributed by atoms with van der Waals surface area (Å²) in [5, 5.41) is 39.3. The number of hydrogen-bond acceptors (Lipinski definition) is 7. The van der Waals surface area contributed by atoms with E-state index in [1.54, 1.807) is 0 Å². The number of phenols is 1. The van der Waals surface area contributed by atoms with Gasteiger partial charge in [-0.2, -0.15) is 0 Å². The van der Waals surface area contributed by atoms with Gasteiger partial charge >= 0.3 is 17.6 Å². The lowest BCUT2D eigenvalue weighted by atomic mass is 10.2. The summed E-state index contributed by atoms with van der Waals surface area (Å²) in [4.78, 5) is 32.3. The molecule has 0 saturated heterocycles. The molecule has 3 aromatic carbocycles. The number of nitrogens with zero attached hydrogens (tertiary/aromatic N) is 1. The summed E-state index contributed by atoms with van der Waals surface area (Å²) in [7, 11) is 0. The van der Waals surface area contributed by atoms with E-state index < -0.39 is 28.3 Å². The molecule has 3 aromatic rings. The predicted molar refractivity (Wildman–Crippen MR) is 102 cm³/mol. The molecule has 0 aliphatic heterocycles. The van der Waals surface area contributed by atoms with Crippen LogP contribution in [0.15, 0.2) is 60.7 Å². The van der Waals surface area contributed by atoms with Crippen LogP contribution in [0.2, 0.25) is 0 Å². The minimum Gasteiger partial charge on any atom is -0.502 e. The molecule has 3 rings (SSSR count). The Morgan fingerprint density at radius 3 is 1.67 bits per heavy atom. The molecule has 0 aliphatic carbocycles. The van der Waals surface area contributed by atoms with E-state index in [4.69, 9.17) is 19.7 Å². The molecule has 3 N–H and O–H groups in total. The highest BCUT2D eigenvalue weighted by Gasteiger charge is 2.24. The fourth-order valence-electron chi connectivity index (χ4n) is 2.48. The van der Waals surface area contributed by atoms with E-state index >= 15 is 0 Å². The number of rotatable bonds is 7. The van der Waals surface area contributed by atoms with Crippen molar-refractivity contribution in [3.63, 3.8) is 0 Å². The van der Waals surface area contributed by atoms with Gasteiger partial charge < -0.3 is 24.8 Å². The average molecular weight is 411 g/mol. The van der Waals surface area contributed by atoms with Crippen LogP contribution < -0.4 is 9.47 Å². The molecule has 0 heterocycles. The number of nitro groups is 1. The molecule has 0 aliphatic rings. The summed E-state index contributed by atoms with van der Waals surface area (Å²) >= 11 is 0. The van der Waals surface area contributed by atoms with Crippen molar-refractivity contribution in [2.75, 3.05) is 0 Å². The molecular weight excluding hydrogens is 398 g/mol. The van der Waals surface area contributed by atoms with Crippen LogP contribution in [0.1, 0.15) is 20.7 Å². The van der Waals surface area contributed by atoms with Crippen molar-refractivity contribution >= 4 is 17.6 Å². The Morgan fingerprint density at radius 1 is 0.767 bits per heavy atom. The number of hydrogen-bond donors (Lipinski definition) is 3. The fraction of sp³-hybridized carbons (Fsp3) is 0. The van der Waals surface area contributed by atoms with Gasteiger partial charge in [-0.25, -0.2) is 9.59 Å².